The number of thiazole rings is 1. The number of carbonyl (C=O) groups excluding carboxylic acids is 1. The minimum absolute atomic E-state index is 0.117. The fraction of sp³-hybridized carbons (Fsp3) is 0.600. The van der Waals surface area contributed by atoms with Crippen LogP contribution in [0.25, 0.3) is 0 Å². The van der Waals surface area contributed by atoms with Gasteiger partial charge in [-0.05, 0) is 18.6 Å². The zero-order chi connectivity index (χ0) is 12.3. The Bertz CT molecular complexity index is 401. The molecule has 4 N–H and O–H groups in total. The number of hydrogen-bond donors (Lipinski definition) is 3. The molecular weight excluding hydrogens is 256 g/mol. The third-order valence-electron chi connectivity index (χ3n) is 2.59. The highest BCUT2D eigenvalue weighted by Crippen LogP contribution is 2.26. The number of nitrogens with zero attached hydrogens (tertiary/aromatic N) is 1. The van der Waals surface area contributed by atoms with Crippen molar-refractivity contribution in [3.05, 3.63) is 4.88 Å². The lowest BCUT2D eigenvalue weighted by molar-refractivity contribution is 0.0958. The Hall–Kier alpha value is -0.950. The molecule has 0 saturated carbocycles. The molecular formula is C10H16N4OS2. The second-order valence-electron chi connectivity index (χ2n) is 3.83. The number of carbonyl (C=O) groups is 1. The van der Waals surface area contributed by atoms with Gasteiger partial charge in [0.15, 0.2) is 5.13 Å². The van der Waals surface area contributed by atoms with Crippen molar-refractivity contribution < 1.29 is 4.79 Å². The summed E-state index contributed by atoms with van der Waals surface area (Å²) in [6, 6.07) is 0. The van der Waals surface area contributed by atoms with E-state index < -0.39 is 0 Å². The predicted molar refractivity (Wildman–Crippen MR) is 73.9 cm³/mol. The summed E-state index contributed by atoms with van der Waals surface area (Å²) in [5, 5.41) is 7.03. The van der Waals surface area contributed by atoms with Gasteiger partial charge in [0.2, 0.25) is 0 Å². The van der Waals surface area contributed by atoms with E-state index in [1.165, 1.54) is 29.9 Å². The van der Waals surface area contributed by atoms with Gasteiger partial charge in [0.05, 0.1) is 0 Å². The molecule has 1 saturated heterocycles. The van der Waals surface area contributed by atoms with Crippen molar-refractivity contribution in [2.45, 2.75) is 18.1 Å². The van der Waals surface area contributed by atoms with Gasteiger partial charge in [0.1, 0.15) is 10.7 Å². The lowest BCUT2D eigenvalue weighted by Crippen LogP contribution is -2.29. The summed E-state index contributed by atoms with van der Waals surface area (Å²) in [7, 11) is 1.76. The number of rotatable bonds is 4. The van der Waals surface area contributed by atoms with Crippen molar-refractivity contribution in [1.82, 2.24) is 10.3 Å². The minimum atomic E-state index is -0.117. The molecule has 2 rings (SSSR count). The normalized spacial score (nSPS) is 19.2. The maximum absolute atomic E-state index is 11.9. The molecule has 1 aromatic rings. The molecule has 1 atom stereocenters. The summed E-state index contributed by atoms with van der Waals surface area (Å²) >= 11 is 3.21. The molecule has 1 unspecified atom stereocenters. The molecule has 94 valence electrons. The van der Waals surface area contributed by atoms with Crippen molar-refractivity contribution in [1.29, 1.82) is 0 Å². The van der Waals surface area contributed by atoms with Gasteiger partial charge in [-0.1, -0.05) is 11.3 Å². The summed E-state index contributed by atoms with van der Waals surface area (Å²) in [6.07, 6.45) is 2.43. The minimum Gasteiger partial charge on any atom is -0.382 e. The SMILES string of the molecule is CNc1nc(N)c(C(=O)NCC2CCCS2)s1. The number of anilines is 2. The van der Waals surface area contributed by atoms with E-state index in [4.69, 9.17) is 5.73 Å². The number of amides is 1. The van der Waals surface area contributed by atoms with Gasteiger partial charge in [0.25, 0.3) is 5.91 Å². The van der Waals surface area contributed by atoms with Crippen molar-refractivity contribution in [2.75, 3.05) is 30.4 Å². The van der Waals surface area contributed by atoms with Gasteiger partial charge in [-0.25, -0.2) is 4.98 Å². The van der Waals surface area contributed by atoms with Crippen LogP contribution < -0.4 is 16.4 Å². The molecule has 1 aliphatic heterocycles. The van der Waals surface area contributed by atoms with E-state index in [0.29, 0.717) is 21.1 Å². The molecule has 17 heavy (non-hydrogen) atoms. The van der Waals surface area contributed by atoms with E-state index in [1.807, 2.05) is 11.8 Å². The Kier molecular flexibility index (Phi) is 4.11. The molecule has 7 heteroatoms. The first kappa shape index (κ1) is 12.5. The number of thioether (sulfide) groups is 1. The number of hydrogen-bond acceptors (Lipinski definition) is 6. The molecule has 1 amide bonds. The Balaban J connectivity index is 1.91. The van der Waals surface area contributed by atoms with Crippen molar-refractivity contribution in [2.24, 2.45) is 0 Å². The second-order valence-corrected chi connectivity index (χ2v) is 6.24. The summed E-state index contributed by atoms with van der Waals surface area (Å²) < 4.78 is 0. The third-order valence-corrected chi connectivity index (χ3v) is 5.07. The Morgan fingerprint density at radius 2 is 2.47 bits per heavy atom. The van der Waals surface area contributed by atoms with Crippen LogP contribution in [0.4, 0.5) is 10.9 Å². The second kappa shape index (κ2) is 5.59. The van der Waals surface area contributed by atoms with E-state index in [-0.39, 0.29) is 5.91 Å². The maximum atomic E-state index is 11.9. The summed E-state index contributed by atoms with van der Waals surface area (Å²) in [5.41, 5.74) is 5.69. The molecule has 1 aromatic heterocycles. The molecule has 0 spiro atoms. The number of nitrogens with two attached hydrogens (primary N) is 1. The van der Waals surface area contributed by atoms with E-state index in [0.717, 1.165) is 6.54 Å². The summed E-state index contributed by atoms with van der Waals surface area (Å²) in [5.74, 6) is 1.39. The highest BCUT2D eigenvalue weighted by atomic mass is 32.2. The number of aromatic nitrogens is 1. The van der Waals surface area contributed by atoms with Crippen LogP contribution in [-0.4, -0.2) is 35.5 Å². The topological polar surface area (TPSA) is 80.0 Å². The van der Waals surface area contributed by atoms with Crippen molar-refractivity contribution in [3.63, 3.8) is 0 Å². The molecule has 1 aliphatic rings. The monoisotopic (exact) mass is 272 g/mol. The Morgan fingerprint density at radius 1 is 1.65 bits per heavy atom. The van der Waals surface area contributed by atoms with Crippen LogP contribution in [0.15, 0.2) is 0 Å². The average molecular weight is 272 g/mol. The largest absolute Gasteiger partial charge is 0.382 e. The molecule has 0 radical (unpaired) electrons. The first-order chi connectivity index (χ1) is 8.20. The standard InChI is InChI=1S/C10H16N4OS2/c1-12-10-14-8(11)7(17-10)9(15)13-5-6-3-2-4-16-6/h6H,2-5,11H2,1H3,(H,12,14)(H,13,15). The smallest absolute Gasteiger partial charge is 0.265 e. The van der Waals surface area contributed by atoms with Gasteiger partial charge in [-0.15, -0.1) is 0 Å². The highest BCUT2D eigenvalue weighted by Gasteiger charge is 2.19. The van der Waals surface area contributed by atoms with Crippen LogP contribution in [0.5, 0.6) is 0 Å². The maximum Gasteiger partial charge on any atom is 0.265 e. The van der Waals surface area contributed by atoms with Crippen LogP contribution in [0.3, 0.4) is 0 Å². The van der Waals surface area contributed by atoms with Gasteiger partial charge < -0.3 is 16.4 Å². The predicted octanol–water partition coefficient (Wildman–Crippen LogP) is 1.39. The summed E-state index contributed by atoms with van der Waals surface area (Å²) in [6.45, 7) is 0.718. The summed E-state index contributed by atoms with van der Waals surface area (Å²) in [4.78, 5) is 16.4. The van der Waals surface area contributed by atoms with Gasteiger partial charge in [-0.3, -0.25) is 4.79 Å². The van der Waals surface area contributed by atoms with E-state index in [9.17, 15) is 4.79 Å². The Labute approximate surface area is 109 Å². The fourth-order valence-corrected chi connectivity index (χ4v) is 3.65. The molecule has 1 fully saturated rings. The quantitative estimate of drug-likeness (QED) is 0.772. The van der Waals surface area contributed by atoms with Crippen LogP contribution in [0, 0.1) is 0 Å². The molecule has 0 aliphatic carbocycles. The lowest BCUT2D eigenvalue weighted by atomic mass is 10.2. The van der Waals surface area contributed by atoms with Crippen molar-refractivity contribution in [3.8, 4) is 0 Å². The first-order valence-electron chi connectivity index (χ1n) is 5.54. The van der Waals surface area contributed by atoms with Crippen molar-refractivity contribution >= 4 is 40.0 Å². The zero-order valence-electron chi connectivity index (χ0n) is 9.66. The highest BCUT2D eigenvalue weighted by molar-refractivity contribution is 8.00. The number of nitrogen functional groups attached to an aromatic ring is 1. The molecule has 2 heterocycles. The number of nitrogens with one attached hydrogen (secondary N) is 2. The first-order valence-corrected chi connectivity index (χ1v) is 7.41. The van der Waals surface area contributed by atoms with Crippen LogP contribution >= 0.6 is 23.1 Å². The van der Waals surface area contributed by atoms with Crippen LogP contribution in [0.2, 0.25) is 0 Å². The van der Waals surface area contributed by atoms with Crippen LogP contribution in [-0.2, 0) is 0 Å². The van der Waals surface area contributed by atoms with E-state index in [1.54, 1.807) is 7.05 Å². The molecule has 0 bridgehead atoms. The average Bonchev–Trinajstić information content (AvgIpc) is 2.94. The fourth-order valence-electron chi connectivity index (χ4n) is 1.69. The zero-order valence-corrected chi connectivity index (χ0v) is 11.3. The van der Waals surface area contributed by atoms with Gasteiger partial charge in [-0.2, -0.15) is 11.8 Å². The van der Waals surface area contributed by atoms with Gasteiger partial charge >= 0.3 is 0 Å². The van der Waals surface area contributed by atoms with E-state index >= 15 is 0 Å². The lowest BCUT2D eigenvalue weighted by Gasteiger charge is -2.09. The molecule has 0 aromatic carbocycles. The van der Waals surface area contributed by atoms with Crippen LogP contribution in [0.1, 0.15) is 22.5 Å². The van der Waals surface area contributed by atoms with Gasteiger partial charge in [0, 0.05) is 18.8 Å². The van der Waals surface area contributed by atoms with E-state index in [2.05, 4.69) is 15.6 Å². The third kappa shape index (κ3) is 3.04. The molecule has 5 nitrogen and oxygen atoms in total. The Morgan fingerprint density at radius 3 is 3.06 bits per heavy atom.